The minimum absolute atomic E-state index is 0.0389. The first-order valence-electron chi connectivity index (χ1n) is 7.38. The van der Waals surface area contributed by atoms with Crippen LogP contribution >= 0.6 is 11.6 Å². The van der Waals surface area contributed by atoms with Gasteiger partial charge in [0.15, 0.2) is 0 Å². The zero-order chi connectivity index (χ0) is 16.2. The van der Waals surface area contributed by atoms with Crippen molar-refractivity contribution in [3.8, 4) is 0 Å². The van der Waals surface area contributed by atoms with Crippen molar-refractivity contribution in [2.75, 3.05) is 6.61 Å². The molecule has 118 valence electrons. The number of benzene rings is 2. The lowest BCUT2D eigenvalue weighted by molar-refractivity contribution is 0.244. The SMILES string of the molecule is O=c1cc(CN[C@@H](CO)c2ccc(Cl)cc2)c2ccccc2[nH]1. The van der Waals surface area contributed by atoms with E-state index in [1.165, 1.54) is 0 Å². The predicted molar refractivity (Wildman–Crippen MR) is 92.7 cm³/mol. The summed E-state index contributed by atoms with van der Waals surface area (Å²) in [5, 5.41) is 14.6. The summed E-state index contributed by atoms with van der Waals surface area (Å²) >= 11 is 5.89. The van der Waals surface area contributed by atoms with Crippen molar-refractivity contribution in [2.45, 2.75) is 12.6 Å². The Balaban J connectivity index is 1.84. The molecule has 3 aromatic rings. The Morgan fingerprint density at radius 3 is 2.61 bits per heavy atom. The van der Waals surface area contributed by atoms with Crippen LogP contribution in [0.4, 0.5) is 0 Å². The Morgan fingerprint density at radius 2 is 1.87 bits per heavy atom. The van der Waals surface area contributed by atoms with Crippen LogP contribution in [-0.2, 0) is 6.54 Å². The number of hydrogen-bond donors (Lipinski definition) is 3. The number of hydrogen-bond acceptors (Lipinski definition) is 3. The van der Waals surface area contributed by atoms with Crippen LogP contribution in [0.25, 0.3) is 10.9 Å². The highest BCUT2D eigenvalue weighted by atomic mass is 35.5. The average Bonchev–Trinajstić information content (AvgIpc) is 2.56. The summed E-state index contributed by atoms with van der Waals surface area (Å²) in [6, 6.07) is 16.4. The lowest BCUT2D eigenvalue weighted by Crippen LogP contribution is -2.24. The quantitative estimate of drug-likeness (QED) is 0.674. The van der Waals surface area contributed by atoms with E-state index in [1.807, 2.05) is 36.4 Å². The highest BCUT2D eigenvalue weighted by molar-refractivity contribution is 6.30. The second-order valence-electron chi connectivity index (χ2n) is 5.37. The number of aromatic nitrogens is 1. The van der Waals surface area contributed by atoms with Gasteiger partial charge in [-0.25, -0.2) is 0 Å². The molecule has 0 fully saturated rings. The minimum atomic E-state index is -0.217. The fourth-order valence-electron chi connectivity index (χ4n) is 2.64. The topological polar surface area (TPSA) is 65.1 Å². The zero-order valence-corrected chi connectivity index (χ0v) is 13.2. The maximum absolute atomic E-state index is 11.8. The van der Waals surface area contributed by atoms with E-state index in [2.05, 4.69) is 10.3 Å². The van der Waals surface area contributed by atoms with Gasteiger partial charge >= 0.3 is 0 Å². The fourth-order valence-corrected chi connectivity index (χ4v) is 2.77. The summed E-state index contributed by atoms with van der Waals surface area (Å²) in [5.41, 5.74) is 2.53. The first-order chi connectivity index (χ1) is 11.2. The molecule has 0 amide bonds. The van der Waals surface area contributed by atoms with Gasteiger partial charge in [-0.15, -0.1) is 0 Å². The van der Waals surface area contributed by atoms with Crippen molar-refractivity contribution >= 4 is 22.5 Å². The Kier molecular flexibility index (Phi) is 4.76. The zero-order valence-electron chi connectivity index (χ0n) is 12.4. The van der Waals surface area contributed by atoms with Crippen molar-refractivity contribution in [3.63, 3.8) is 0 Å². The van der Waals surface area contributed by atoms with E-state index < -0.39 is 0 Å². The fraction of sp³-hybridized carbons (Fsp3) is 0.167. The molecule has 0 radical (unpaired) electrons. The van der Waals surface area contributed by atoms with E-state index in [0.717, 1.165) is 22.0 Å². The normalized spacial score (nSPS) is 12.4. The number of pyridine rings is 1. The highest BCUT2D eigenvalue weighted by Crippen LogP contribution is 2.19. The maximum atomic E-state index is 11.8. The number of para-hydroxylation sites is 1. The molecule has 0 aliphatic heterocycles. The lowest BCUT2D eigenvalue weighted by Gasteiger charge is -2.17. The molecule has 0 spiro atoms. The Morgan fingerprint density at radius 1 is 1.13 bits per heavy atom. The second kappa shape index (κ2) is 6.96. The molecule has 0 aliphatic rings. The van der Waals surface area contributed by atoms with Crippen molar-refractivity contribution in [1.82, 2.24) is 10.3 Å². The van der Waals surface area contributed by atoms with E-state index in [0.29, 0.717) is 11.6 Å². The molecule has 0 unspecified atom stereocenters. The molecular formula is C18H17ClN2O2. The van der Waals surface area contributed by atoms with Gasteiger partial charge < -0.3 is 15.4 Å². The summed E-state index contributed by atoms with van der Waals surface area (Å²) in [7, 11) is 0. The molecule has 3 rings (SSSR count). The van der Waals surface area contributed by atoms with Gasteiger partial charge in [-0.1, -0.05) is 41.9 Å². The van der Waals surface area contributed by atoms with E-state index in [9.17, 15) is 9.90 Å². The number of aliphatic hydroxyl groups is 1. The molecule has 0 bridgehead atoms. The van der Waals surface area contributed by atoms with E-state index in [-0.39, 0.29) is 18.2 Å². The number of aromatic amines is 1. The summed E-state index contributed by atoms with van der Waals surface area (Å²) < 4.78 is 0. The number of H-pyrrole nitrogens is 1. The van der Waals surface area contributed by atoms with E-state index in [4.69, 9.17) is 11.6 Å². The van der Waals surface area contributed by atoms with Gasteiger partial charge in [0, 0.05) is 28.5 Å². The third kappa shape index (κ3) is 3.62. The molecule has 5 heteroatoms. The van der Waals surface area contributed by atoms with Gasteiger partial charge in [0.25, 0.3) is 0 Å². The lowest BCUT2D eigenvalue weighted by atomic mass is 10.1. The van der Waals surface area contributed by atoms with Crippen LogP contribution in [0.2, 0.25) is 5.02 Å². The molecule has 1 heterocycles. The molecule has 23 heavy (non-hydrogen) atoms. The molecule has 0 aliphatic carbocycles. The summed E-state index contributed by atoms with van der Waals surface area (Å²) in [6.07, 6.45) is 0. The third-order valence-corrected chi connectivity index (χ3v) is 4.08. The minimum Gasteiger partial charge on any atom is -0.394 e. The maximum Gasteiger partial charge on any atom is 0.248 e. The van der Waals surface area contributed by atoms with E-state index in [1.54, 1.807) is 18.2 Å². The van der Waals surface area contributed by atoms with Crippen LogP contribution in [0.5, 0.6) is 0 Å². The summed E-state index contributed by atoms with van der Waals surface area (Å²) in [6.45, 7) is 0.445. The van der Waals surface area contributed by atoms with Gasteiger partial charge in [0.2, 0.25) is 5.56 Å². The molecular weight excluding hydrogens is 312 g/mol. The molecule has 4 nitrogen and oxygen atoms in total. The molecule has 0 saturated heterocycles. The predicted octanol–water partition coefficient (Wildman–Crippen LogP) is 3.00. The summed E-state index contributed by atoms with van der Waals surface area (Å²) in [5.74, 6) is 0. The Bertz CT molecular complexity index is 859. The molecule has 3 N–H and O–H groups in total. The van der Waals surface area contributed by atoms with Crippen LogP contribution in [-0.4, -0.2) is 16.7 Å². The second-order valence-corrected chi connectivity index (χ2v) is 5.81. The number of rotatable bonds is 5. The number of nitrogens with one attached hydrogen (secondary N) is 2. The third-order valence-electron chi connectivity index (χ3n) is 3.83. The molecule has 0 saturated carbocycles. The first kappa shape index (κ1) is 15.7. The van der Waals surface area contributed by atoms with Crippen LogP contribution in [0.1, 0.15) is 17.2 Å². The van der Waals surface area contributed by atoms with Crippen molar-refractivity contribution in [1.29, 1.82) is 0 Å². The van der Waals surface area contributed by atoms with Crippen molar-refractivity contribution < 1.29 is 5.11 Å². The Hall–Kier alpha value is -2.14. The van der Waals surface area contributed by atoms with E-state index >= 15 is 0 Å². The first-order valence-corrected chi connectivity index (χ1v) is 7.76. The summed E-state index contributed by atoms with van der Waals surface area (Å²) in [4.78, 5) is 14.6. The highest BCUT2D eigenvalue weighted by Gasteiger charge is 2.11. The Labute approximate surface area is 138 Å². The largest absolute Gasteiger partial charge is 0.394 e. The number of fused-ring (bicyclic) bond motifs is 1. The van der Waals surface area contributed by atoms with Crippen molar-refractivity contribution in [2.24, 2.45) is 0 Å². The van der Waals surface area contributed by atoms with Crippen LogP contribution < -0.4 is 10.9 Å². The smallest absolute Gasteiger partial charge is 0.248 e. The van der Waals surface area contributed by atoms with Gasteiger partial charge in [-0.2, -0.15) is 0 Å². The van der Waals surface area contributed by atoms with Crippen LogP contribution in [0.3, 0.4) is 0 Å². The van der Waals surface area contributed by atoms with Crippen molar-refractivity contribution in [3.05, 3.63) is 81.1 Å². The van der Waals surface area contributed by atoms with Gasteiger partial charge in [-0.05, 0) is 29.3 Å². The average molecular weight is 329 g/mol. The number of aliphatic hydroxyl groups excluding tert-OH is 1. The standard InChI is InChI=1S/C18H17ClN2O2/c19-14-7-5-12(6-8-14)17(11-22)20-10-13-9-18(23)21-16-4-2-1-3-15(13)16/h1-9,17,20,22H,10-11H2,(H,21,23)/t17-/m0/s1. The van der Waals surface area contributed by atoms with Crippen LogP contribution in [0.15, 0.2) is 59.4 Å². The van der Waals surface area contributed by atoms with Gasteiger partial charge in [-0.3, -0.25) is 4.79 Å². The monoisotopic (exact) mass is 328 g/mol. The number of halogens is 1. The van der Waals surface area contributed by atoms with Gasteiger partial charge in [0.05, 0.1) is 12.6 Å². The molecule has 1 aromatic heterocycles. The molecule has 1 atom stereocenters. The molecule has 2 aromatic carbocycles. The van der Waals surface area contributed by atoms with Gasteiger partial charge in [0.1, 0.15) is 0 Å². The van der Waals surface area contributed by atoms with Crippen LogP contribution in [0, 0.1) is 0 Å².